The highest BCUT2D eigenvalue weighted by molar-refractivity contribution is 6.31. The predicted octanol–water partition coefficient (Wildman–Crippen LogP) is 5.16. The largest absolute Gasteiger partial charge is 0.457 e. The third-order valence-corrected chi connectivity index (χ3v) is 3.33. The van der Waals surface area contributed by atoms with Gasteiger partial charge in [0.25, 0.3) is 0 Å². The summed E-state index contributed by atoms with van der Waals surface area (Å²) in [6.45, 7) is 2.02. The van der Waals surface area contributed by atoms with Crippen LogP contribution < -0.4 is 4.74 Å². The third kappa shape index (κ3) is 3.28. The van der Waals surface area contributed by atoms with Gasteiger partial charge in [0.05, 0.1) is 5.56 Å². The molecule has 2 rings (SSSR count). The fourth-order valence-electron chi connectivity index (χ4n) is 1.72. The Morgan fingerprint density at radius 3 is 2.63 bits per heavy atom. The topological polar surface area (TPSA) is 26.3 Å². The van der Waals surface area contributed by atoms with Crippen molar-refractivity contribution in [2.45, 2.75) is 13.3 Å². The molecule has 0 amide bonds. The number of aldehydes is 1. The maximum Gasteiger partial charge on any atom is 0.153 e. The summed E-state index contributed by atoms with van der Waals surface area (Å²) in [5.41, 5.74) is 1.42. The van der Waals surface area contributed by atoms with Gasteiger partial charge in [0, 0.05) is 10.0 Å². The summed E-state index contributed by atoms with van der Waals surface area (Å²) in [6, 6.07) is 10.3. The first-order valence-electron chi connectivity index (χ1n) is 5.85. The molecule has 2 aromatic rings. The number of hydrogen-bond acceptors (Lipinski definition) is 2. The van der Waals surface area contributed by atoms with Crippen LogP contribution in [0.4, 0.5) is 0 Å². The standard InChI is InChI=1S/C15H12Cl2O2/c1-2-10-8-13(4-5-14(10)17)19-15-6-3-12(16)7-11(15)9-18/h3-9H,2H2,1H3. The molecule has 98 valence electrons. The summed E-state index contributed by atoms with van der Waals surface area (Å²) in [4.78, 5) is 11.0. The minimum absolute atomic E-state index is 0.417. The van der Waals surface area contributed by atoms with Gasteiger partial charge in [-0.25, -0.2) is 0 Å². The molecule has 0 bridgehead atoms. The van der Waals surface area contributed by atoms with Crippen LogP contribution in [-0.4, -0.2) is 6.29 Å². The summed E-state index contributed by atoms with van der Waals surface area (Å²) in [7, 11) is 0. The average molecular weight is 295 g/mol. The van der Waals surface area contributed by atoms with Crippen molar-refractivity contribution in [3.05, 3.63) is 57.6 Å². The highest BCUT2D eigenvalue weighted by atomic mass is 35.5. The molecule has 0 saturated heterocycles. The molecular weight excluding hydrogens is 283 g/mol. The zero-order chi connectivity index (χ0) is 13.8. The number of carbonyl (C=O) groups is 1. The van der Waals surface area contributed by atoms with Crippen LogP contribution in [-0.2, 0) is 6.42 Å². The van der Waals surface area contributed by atoms with Crippen LogP contribution in [0.2, 0.25) is 10.0 Å². The molecule has 0 N–H and O–H groups in total. The van der Waals surface area contributed by atoms with Crippen molar-refractivity contribution in [1.82, 2.24) is 0 Å². The lowest BCUT2D eigenvalue weighted by molar-refractivity contribution is 0.112. The number of aryl methyl sites for hydroxylation is 1. The van der Waals surface area contributed by atoms with Crippen LogP contribution in [0.25, 0.3) is 0 Å². The molecule has 0 radical (unpaired) electrons. The van der Waals surface area contributed by atoms with Crippen molar-refractivity contribution in [2.75, 3.05) is 0 Å². The van der Waals surface area contributed by atoms with E-state index in [1.165, 1.54) is 0 Å². The zero-order valence-corrected chi connectivity index (χ0v) is 11.8. The molecule has 0 aromatic heterocycles. The van der Waals surface area contributed by atoms with Crippen LogP contribution in [0.3, 0.4) is 0 Å². The SMILES string of the molecule is CCc1cc(Oc2ccc(Cl)cc2C=O)ccc1Cl. The summed E-state index contributed by atoms with van der Waals surface area (Å²) >= 11 is 11.9. The molecule has 0 saturated carbocycles. The Morgan fingerprint density at radius 1 is 1.16 bits per heavy atom. The first kappa shape index (κ1) is 13.9. The van der Waals surface area contributed by atoms with E-state index in [9.17, 15) is 4.79 Å². The second-order valence-electron chi connectivity index (χ2n) is 4.01. The zero-order valence-electron chi connectivity index (χ0n) is 10.3. The Hall–Kier alpha value is -1.51. The Balaban J connectivity index is 2.33. The van der Waals surface area contributed by atoms with Gasteiger partial charge >= 0.3 is 0 Å². The van der Waals surface area contributed by atoms with Crippen molar-refractivity contribution >= 4 is 29.5 Å². The third-order valence-electron chi connectivity index (χ3n) is 2.72. The van der Waals surface area contributed by atoms with Gasteiger partial charge in [-0.2, -0.15) is 0 Å². The molecule has 0 atom stereocenters. The van der Waals surface area contributed by atoms with Crippen LogP contribution in [0.5, 0.6) is 11.5 Å². The van der Waals surface area contributed by atoms with E-state index >= 15 is 0 Å². The second kappa shape index (κ2) is 6.09. The van der Waals surface area contributed by atoms with E-state index in [1.807, 2.05) is 13.0 Å². The van der Waals surface area contributed by atoms with Gasteiger partial charge in [0.1, 0.15) is 11.5 Å². The minimum atomic E-state index is 0.417. The number of benzene rings is 2. The fourth-order valence-corrected chi connectivity index (χ4v) is 2.15. The monoisotopic (exact) mass is 294 g/mol. The van der Waals surface area contributed by atoms with Gasteiger partial charge in [-0.05, 0) is 48.4 Å². The van der Waals surface area contributed by atoms with E-state index in [0.717, 1.165) is 18.3 Å². The van der Waals surface area contributed by atoms with E-state index in [1.54, 1.807) is 30.3 Å². The number of carbonyl (C=O) groups excluding carboxylic acids is 1. The van der Waals surface area contributed by atoms with Crippen LogP contribution in [0, 0.1) is 0 Å². The molecule has 0 spiro atoms. The quantitative estimate of drug-likeness (QED) is 0.728. The predicted molar refractivity (Wildman–Crippen MR) is 77.7 cm³/mol. The molecule has 0 aliphatic carbocycles. The van der Waals surface area contributed by atoms with Crippen molar-refractivity contribution < 1.29 is 9.53 Å². The van der Waals surface area contributed by atoms with Gasteiger partial charge in [-0.15, -0.1) is 0 Å². The van der Waals surface area contributed by atoms with Crippen molar-refractivity contribution in [1.29, 1.82) is 0 Å². The number of ether oxygens (including phenoxy) is 1. The summed E-state index contributed by atoms with van der Waals surface area (Å²) in [5.74, 6) is 1.12. The highest BCUT2D eigenvalue weighted by Crippen LogP contribution is 2.29. The average Bonchev–Trinajstić information content (AvgIpc) is 2.42. The lowest BCUT2D eigenvalue weighted by Crippen LogP contribution is -1.92. The van der Waals surface area contributed by atoms with E-state index in [0.29, 0.717) is 27.1 Å². The van der Waals surface area contributed by atoms with Gasteiger partial charge < -0.3 is 4.74 Å². The summed E-state index contributed by atoms with van der Waals surface area (Å²) < 4.78 is 5.70. The summed E-state index contributed by atoms with van der Waals surface area (Å²) in [6.07, 6.45) is 1.54. The molecule has 0 unspecified atom stereocenters. The van der Waals surface area contributed by atoms with Crippen molar-refractivity contribution in [3.63, 3.8) is 0 Å². The van der Waals surface area contributed by atoms with E-state index in [2.05, 4.69) is 0 Å². The minimum Gasteiger partial charge on any atom is -0.457 e. The van der Waals surface area contributed by atoms with E-state index in [-0.39, 0.29) is 0 Å². The molecule has 0 heterocycles. The molecule has 0 aliphatic rings. The lowest BCUT2D eigenvalue weighted by atomic mass is 10.1. The van der Waals surface area contributed by atoms with E-state index < -0.39 is 0 Å². The Kier molecular flexibility index (Phi) is 4.46. The lowest BCUT2D eigenvalue weighted by Gasteiger charge is -2.10. The van der Waals surface area contributed by atoms with Crippen LogP contribution in [0.15, 0.2) is 36.4 Å². The molecule has 2 nitrogen and oxygen atoms in total. The van der Waals surface area contributed by atoms with Crippen LogP contribution in [0.1, 0.15) is 22.8 Å². The first-order chi connectivity index (χ1) is 9.13. The molecule has 0 fully saturated rings. The van der Waals surface area contributed by atoms with Gasteiger partial charge in [-0.1, -0.05) is 30.1 Å². The Bertz CT molecular complexity index is 609. The number of halogens is 2. The van der Waals surface area contributed by atoms with Crippen molar-refractivity contribution in [3.8, 4) is 11.5 Å². The molecule has 4 heteroatoms. The smallest absolute Gasteiger partial charge is 0.153 e. The van der Waals surface area contributed by atoms with Crippen molar-refractivity contribution in [2.24, 2.45) is 0 Å². The van der Waals surface area contributed by atoms with Gasteiger partial charge in [0.15, 0.2) is 6.29 Å². The van der Waals surface area contributed by atoms with Gasteiger partial charge in [-0.3, -0.25) is 4.79 Å². The Morgan fingerprint density at radius 2 is 1.95 bits per heavy atom. The second-order valence-corrected chi connectivity index (χ2v) is 4.85. The molecule has 19 heavy (non-hydrogen) atoms. The maximum atomic E-state index is 11.0. The Labute approximate surface area is 121 Å². The molecular formula is C15H12Cl2O2. The normalized spacial score (nSPS) is 10.3. The molecule has 2 aromatic carbocycles. The fraction of sp³-hybridized carbons (Fsp3) is 0.133. The first-order valence-corrected chi connectivity index (χ1v) is 6.60. The highest BCUT2D eigenvalue weighted by Gasteiger charge is 2.07. The van der Waals surface area contributed by atoms with Gasteiger partial charge in [0.2, 0.25) is 0 Å². The number of rotatable bonds is 4. The summed E-state index contributed by atoms with van der Waals surface area (Å²) in [5, 5.41) is 1.21. The van der Waals surface area contributed by atoms with Crippen LogP contribution >= 0.6 is 23.2 Å². The molecule has 0 aliphatic heterocycles. The maximum absolute atomic E-state index is 11.0. The number of hydrogen-bond donors (Lipinski definition) is 0. The van der Waals surface area contributed by atoms with E-state index in [4.69, 9.17) is 27.9 Å².